The number of aliphatic hydroxyl groups excluding tert-OH is 1. The van der Waals surface area contributed by atoms with Crippen molar-refractivity contribution < 1.29 is 5.11 Å². The zero-order valence-corrected chi connectivity index (χ0v) is 12.9. The smallest absolute Gasteiger partial charge is 0.0723 e. The summed E-state index contributed by atoms with van der Waals surface area (Å²) >= 11 is 7.78. The molecule has 0 bridgehead atoms. The van der Waals surface area contributed by atoms with Crippen LogP contribution in [0.25, 0.3) is 10.9 Å². The van der Waals surface area contributed by atoms with Gasteiger partial charge in [0.15, 0.2) is 0 Å². The van der Waals surface area contributed by atoms with Gasteiger partial charge in [0.05, 0.1) is 11.6 Å². The van der Waals surface area contributed by atoms with Crippen LogP contribution in [-0.4, -0.2) is 16.7 Å². The molecule has 0 fully saturated rings. The Kier molecular flexibility index (Phi) is 4.39. The number of aromatic nitrogens is 1. The van der Waals surface area contributed by atoms with Crippen LogP contribution in [0.15, 0.2) is 48.0 Å². The van der Waals surface area contributed by atoms with E-state index in [4.69, 9.17) is 11.6 Å². The molecule has 108 valence electrons. The van der Waals surface area contributed by atoms with Crippen LogP contribution in [0.2, 0.25) is 5.02 Å². The summed E-state index contributed by atoms with van der Waals surface area (Å²) in [5.74, 6) is 0. The molecule has 3 rings (SSSR count). The highest BCUT2D eigenvalue weighted by Crippen LogP contribution is 2.30. The van der Waals surface area contributed by atoms with Crippen LogP contribution >= 0.6 is 22.9 Å². The fourth-order valence-electron chi connectivity index (χ4n) is 2.34. The van der Waals surface area contributed by atoms with E-state index in [1.54, 1.807) is 17.5 Å². The Bertz CT molecular complexity index is 730. The van der Waals surface area contributed by atoms with Crippen molar-refractivity contribution in [3.05, 3.63) is 57.9 Å². The Morgan fingerprint density at radius 2 is 2.19 bits per heavy atom. The van der Waals surface area contributed by atoms with Crippen molar-refractivity contribution in [1.82, 2.24) is 4.98 Å². The van der Waals surface area contributed by atoms with E-state index in [0.29, 0.717) is 11.4 Å². The van der Waals surface area contributed by atoms with Crippen LogP contribution in [0.5, 0.6) is 0 Å². The maximum atomic E-state index is 9.30. The Morgan fingerprint density at radius 3 is 2.95 bits per heavy atom. The van der Waals surface area contributed by atoms with Crippen LogP contribution < -0.4 is 5.32 Å². The number of nitrogens with one attached hydrogen (secondary N) is 1. The zero-order valence-electron chi connectivity index (χ0n) is 11.3. The van der Waals surface area contributed by atoms with E-state index in [-0.39, 0.29) is 12.6 Å². The number of fused-ring (bicyclic) bond motifs is 1. The second-order valence-corrected chi connectivity index (χ2v) is 6.16. The fraction of sp³-hybridized carbons (Fsp3) is 0.188. The molecule has 0 saturated heterocycles. The number of benzene rings is 1. The first-order chi connectivity index (χ1) is 10.3. The van der Waals surface area contributed by atoms with Crippen molar-refractivity contribution in [2.45, 2.75) is 12.5 Å². The number of anilines is 1. The summed E-state index contributed by atoms with van der Waals surface area (Å²) < 4.78 is 0. The van der Waals surface area contributed by atoms with Crippen LogP contribution in [0.4, 0.5) is 5.69 Å². The van der Waals surface area contributed by atoms with Crippen molar-refractivity contribution in [1.29, 1.82) is 0 Å². The first-order valence-corrected chi connectivity index (χ1v) is 7.99. The minimum absolute atomic E-state index is 0.0829. The molecule has 0 amide bonds. The summed E-state index contributed by atoms with van der Waals surface area (Å²) in [6.07, 6.45) is 2.44. The number of pyridine rings is 1. The van der Waals surface area contributed by atoms with E-state index in [9.17, 15) is 5.11 Å². The van der Waals surface area contributed by atoms with Gasteiger partial charge in [0.2, 0.25) is 0 Å². The van der Waals surface area contributed by atoms with Crippen molar-refractivity contribution in [3.63, 3.8) is 0 Å². The summed E-state index contributed by atoms with van der Waals surface area (Å²) in [7, 11) is 0. The lowest BCUT2D eigenvalue weighted by Gasteiger charge is -2.19. The normalized spacial score (nSPS) is 12.5. The Labute approximate surface area is 132 Å². The summed E-state index contributed by atoms with van der Waals surface area (Å²) in [5.41, 5.74) is 1.88. The Balaban J connectivity index is 1.97. The largest absolute Gasteiger partial charge is 0.396 e. The quantitative estimate of drug-likeness (QED) is 0.728. The molecule has 0 radical (unpaired) electrons. The first kappa shape index (κ1) is 14.3. The molecule has 0 saturated carbocycles. The summed E-state index contributed by atoms with van der Waals surface area (Å²) in [6.45, 7) is 0.138. The second-order valence-electron chi connectivity index (χ2n) is 4.74. The van der Waals surface area contributed by atoms with Gasteiger partial charge in [-0.05, 0) is 42.1 Å². The number of nitrogens with zero attached hydrogens (tertiary/aromatic N) is 1. The lowest BCUT2D eigenvalue weighted by atomic mass is 10.1. The van der Waals surface area contributed by atoms with Gasteiger partial charge in [0, 0.05) is 33.8 Å². The standard InChI is InChI=1S/C16H15ClN2OS/c17-11-3-4-13-12(10-11)14(5-7-18-13)19-15(6-8-20)16-2-1-9-21-16/h1-5,7,9-10,15,20H,6,8H2,(H,18,19). The van der Waals surface area contributed by atoms with E-state index in [1.807, 2.05) is 35.7 Å². The molecule has 1 atom stereocenters. The summed E-state index contributed by atoms with van der Waals surface area (Å²) in [4.78, 5) is 5.56. The lowest BCUT2D eigenvalue weighted by molar-refractivity contribution is 0.280. The van der Waals surface area contributed by atoms with Crippen molar-refractivity contribution in [3.8, 4) is 0 Å². The van der Waals surface area contributed by atoms with Gasteiger partial charge >= 0.3 is 0 Å². The van der Waals surface area contributed by atoms with Crippen LogP contribution in [-0.2, 0) is 0 Å². The SMILES string of the molecule is OCCC(Nc1ccnc2ccc(Cl)cc12)c1cccs1. The van der Waals surface area contributed by atoms with Gasteiger partial charge in [-0.1, -0.05) is 17.7 Å². The Morgan fingerprint density at radius 1 is 1.29 bits per heavy atom. The van der Waals surface area contributed by atoms with Gasteiger partial charge < -0.3 is 10.4 Å². The topological polar surface area (TPSA) is 45.1 Å². The molecule has 0 aliphatic carbocycles. The lowest BCUT2D eigenvalue weighted by Crippen LogP contribution is -2.11. The Hall–Kier alpha value is -1.62. The predicted octanol–water partition coefficient (Wildman–Crippen LogP) is 4.49. The van der Waals surface area contributed by atoms with E-state index in [1.165, 1.54) is 4.88 Å². The van der Waals surface area contributed by atoms with E-state index in [2.05, 4.69) is 16.4 Å². The van der Waals surface area contributed by atoms with Crippen LogP contribution in [0.1, 0.15) is 17.3 Å². The molecule has 3 aromatic rings. The highest BCUT2D eigenvalue weighted by atomic mass is 35.5. The summed E-state index contributed by atoms with van der Waals surface area (Å²) in [6, 6.07) is 11.8. The average Bonchev–Trinajstić information content (AvgIpc) is 3.01. The number of halogens is 1. The molecular formula is C16H15ClN2OS. The summed E-state index contributed by atoms with van der Waals surface area (Å²) in [5, 5.41) is 16.5. The zero-order chi connectivity index (χ0) is 14.7. The third kappa shape index (κ3) is 3.18. The van der Waals surface area contributed by atoms with Crippen LogP contribution in [0.3, 0.4) is 0 Å². The number of thiophene rings is 1. The van der Waals surface area contributed by atoms with Crippen molar-refractivity contribution in [2.24, 2.45) is 0 Å². The van der Waals surface area contributed by atoms with Gasteiger partial charge in [0.25, 0.3) is 0 Å². The molecule has 2 N–H and O–H groups in total. The van der Waals surface area contributed by atoms with E-state index in [0.717, 1.165) is 16.6 Å². The number of rotatable bonds is 5. The van der Waals surface area contributed by atoms with Crippen molar-refractivity contribution >= 4 is 39.5 Å². The predicted molar refractivity (Wildman–Crippen MR) is 89.1 cm³/mol. The molecule has 1 unspecified atom stereocenters. The maximum Gasteiger partial charge on any atom is 0.0723 e. The highest BCUT2D eigenvalue weighted by molar-refractivity contribution is 7.10. The molecule has 0 aliphatic heterocycles. The number of aliphatic hydroxyl groups is 1. The number of hydrogen-bond acceptors (Lipinski definition) is 4. The molecule has 1 aromatic carbocycles. The van der Waals surface area contributed by atoms with Crippen LogP contribution in [0, 0.1) is 0 Å². The average molecular weight is 319 g/mol. The van der Waals surface area contributed by atoms with Gasteiger partial charge in [-0.2, -0.15) is 0 Å². The van der Waals surface area contributed by atoms with E-state index < -0.39 is 0 Å². The highest BCUT2D eigenvalue weighted by Gasteiger charge is 2.13. The minimum atomic E-state index is 0.0829. The molecule has 21 heavy (non-hydrogen) atoms. The van der Waals surface area contributed by atoms with Gasteiger partial charge in [-0.15, -0.1) is 11.3 Å². The molecular weight excluding hydrogens is 304 g/mol. The third-order valence-electron chi connectivity index (χ3n) is 3.34. The third-order valence-corrected chi connectivity index (χ3v) is 4.56. The van der Waals surface area contributed by atoms with E-state index >= 15 is 0 Å². The molecule has 2 heterocycles. The second kappa shape index (κ2) is 6.43. The first-order valence-electron chi connectivity index (χ1n) is 6.73. The van der Waals surface area contributed by atoms with Gasteiger partial charge in [-0.3, -0.25) is 4.98 Å². The molecule has 5 heteroatoms. The molecule has 0 spiro atoms. The molecule has 2 aromatic heterocycles. The monoisotopic (exact) mass is 318 g/mol. The minimum Gasteiger partial charge on any atom is -0.396 e. The maximum absolute atomic E-state index is 9.30. The molecule has 3 nitrogen and oxygen atoms in total. The molecule has 0 aliphatic rings. The van der Waals surface area contributed by atoms with Gasteiger partial charge in [0.1, 0.15) is 0 Å². The fourth-order valence-corrected chi connectivity index (χ4v) is 3.32. The van der Waals surface area contributed by atoms with Gasteiger partial charge in [-0.25, -0.2) is 0 Å². The number of hydrogen-bond donors (Lipinski definition) is 2. The van der Waals surface area contributed by atoms with Crippen molar-refractivity contribution in [2.75, 3.05) is 11.9 Å².